The predicted octanol–water partition coefficient (Wildman–Crippen LogP) is 3.79. The van der Waals surface area contributed by atoms with Gasteiger partial charge in [-0.1, -0.05) is 61.9 Å². The first kappa shape index (κ1) is 14.2. The molecule has 0 aromatic heterocycles. The molecule has 0 bridgehead atoms. The van der Waals surface area contributed by atoms with E-state index in [1.54, 1.807) is 0 Å². The van der Waals surface area contributed by atoms with Crippen LogP contribution < -0.4 is 10.2 Å². The first-order chi connectivity index (χ1) is 10.4. The highest BCUT2D eigenvalue weighted by atomic mass is 15.2. The zero-order chi connectivity index (χ0) is 14.5. The molecule has 1 unspecified atom stereocenters. The molecule has 2 heteroatoms. The van der Waals surface area contributed by atoms with Crippen molar-refractivity contribution in [1.82, 2.24) is 5.32 Å². The third-order valence-corrected chi connectivity index (χ3v) is 4.23. The van der Waals surface area contributed by atoms with Gasteiger partial charge in [0.05, 0.1) is 0 Å². The molecule has 1 saturated heterocycles. The Balaban J connectivity index is 1.80. The van der Waals surface area contributed by atoms with E-state index in [0.717, 1.165) is 26.1 Å². The van der Waals surface area contributed by atoms with Crippen molar-refractivity contribution < 1.29 is 0 Å². The maximum atomic E-state index is 3.64. The molecule has 1 atom stereocenters. The molecule has 1 N–H and O–H groups in total. The third-order valence-electron chi connectivity index (χ3n) is 4.23. The lowest BCUT2D eigenvalue weighted by Crippen LogP contribution is -2.46. The van der Waals surface area contributed by atoms with Gasteiger partial charge in [-0.25, -0.2) is 0 Å². The summed E-state index contributed by atoms with van der Waals surface area (Å²) in [6.07, 6.45) is 2.36. The zero-order valence-electron chi connectivity index (χ0n) is 12.8. The summed E-state index contributed by atoms with van der Waals surface area (Å²) in [5, 5.41) is 3.64. The van der Waals surface area contributed by atoms with Crippen molar-refractivity contribution in [3.8, 4) is 0 Å². The van der Waals surface area contributed by atoms with Gasteiger partial charge in [0.15, 0.2) is 0 Å². The average Bonchev–Trinajstić information content (AvgIpc) is 2.57. The van der Waals surface area contributed by atoms with Crippen molar-refractivity contribution >= 4 is 5.69 Å². The Morgan fingerprint density at radius 3 is 2.62 bits per heavy atom. The second kappa shape index (κ2) is 6.77. The molecular weight excluding hydrogens is 256 g/mol. The molecule has 0 saturated carbocycles. The van der Waals surface area contributed by atoms with Crippen molar-refractivity contribution in [2.45, 2.75) is 25.8 Å². The van der Waals surface area contributed by atoms with E-state index in [1.807, 2.05) is 0 Å². The lowest BCUT2D eigenvalue weighted by Gasteiger charge is -2.36. The topological polar surface area (TPSA) is 15.3 Å². The van der Waals surface area contributed by atoms with Gasteiger partial charge < -0.3 is 10.2 Å². The van der Waals surface area contributed by atoms with Crippen molar-refractivity contribution in [1.29, 1.82) is 0 Å². The van der Waals surface area contributed by atoms with E-state index in [1.165, 1.54) is 23.2 Å². The zero-order valence-corrected chi connectivity index (χ0v) is 12.8. The summed E-state index contributed by atoms with van der Waals surface area (Å²) in [6, 6.07) is 20.1. The quantitative estimate of drug-likeness (QED) is 0.916. The molecule has 1 aliphatic heterocycles. The van der Waals surface area contributed by atoms with Crippen LogP contribution >= 0.6 is 0 Å². The Morgan fingerprint density at radius 2 is 1.81 bits per heavy atom. The number of hydrogen-bond acceptors (Lipinski definition) is 2. The van der Waals surface area contributed by atoms with Crippen LogP contribution in [0.1, 0.15) is 30.5 Å². The number of aryl methyl sites for hydroxylation is 1. The van der Waals surface area contributed by atoms with E-state index in [2.05, 4.69) is 71.7 Å². The van der Waals surface area contributed by atoms with E-state index in [9.17, 15) is 0 Å². The van der Waals surface area contributed by atoms with Crippen LogP contribution in [0.25, 0.3) is 0 Å². The summed E-state index contributed by atoms with van der Waals surface area (Å²) in [5.41, 5.74) is 4.28. The standard InChI is InChI=1S/C19H24N2/c1-2-8-17-11-6-7-12-19(17)21-14-13-20-18(15-21)16-9-4-3-5-10-16/h3-7,9-12,18,20H,2,8,13-15H2,1H3. The number of hydrogen-bond donors (Lipinski definition) is 1. The average molecular weight is 280 g/mol. The third kappa shape index (κ3) is 3.27. The summed E-state index contributed by atoms with van der Waals surface area (Å²) in [5.74, 6) is 0. The first-order valence-corrected chi connectivity index (χ1v) is 7.99. The highest BCUT2D eigenvalue weighted by Gasteiger charge is 2.21. The Kier molecular flexibility index (Phi) is 4.56. The smallest absolute Gasteiger partial charge is 0.0498 e. The Morgan fingerprint density at radius 1 is 1.05 bits per heavy atom. The Labute approximate surface area is 127 Å². The normalized spacial score (nSPS) is 18.7. The van der Waals surface area contributed by atoms with Crippen LogP contribution in [0.5, 0.6) is 0 Å². The van der Waals surface area contributed by atoms with Crippen LogP contribution in [0.3, 0.4) is 0 Å². The summed E-state index contributed by atoms with van der Waals surface area (Å²) in [4.78, 5) is 2.54. The van der Waals surface area contributed by atoms with Crippen LogP contribution in [0.2, 0.25) is 0 Å². The van der Waals surface area contributed by atoms with Gasteiger partial charge in [-0.3, -0.25) is 0 Å². The molecule has 0 spiro atoms. The molecule has 2 aromatic rings. The number of para-hydroxylation sites is 1. The fourth-order valence-electron chi connectivity index (χ4n) is 3.18. The van der Waals surface area contributed by atoms with Crippen molar-refractivity contribution in [2.24, 2.45) is 0 Å². The van der Waals surface area contributed by atoms with Gasteiger partial charge in [0, 0.05) is 31.4 Å². The molecule has 1 aliphatic rings. The summed E-state index contributed by atoms with van der Waals surface area (Å²) in [7, 11) is 0. The molecule has 0 aliphatic carbocycles. The van der Waals surface area contributed by atoms with Crippen LogP contribution in [0, 0.1) is 0 Å². The number of rotatable bonds is 4. The highest BCUT2D eigenvalue weighted by molar-refractivity contribution is 5.54. The molecule has 110 valence electrons. The van der Waals surface area contributed by atoms with Gasteiger partial charge in [0.1, 0.15) is 0 Å². The summed E-state index contributed by atoms with van der Waals surface area (Å²) in [6.45, 7) is 5.43. The van der Waals surface area contributed by atoms with Gasteiger partial charge in [-0.2, -0.15) is 0 Å². The molecule has 21 heavy (non-hydrogen) atoms. The lowest BCUT2D eigenvalue weighted by atomic mass is 10.0. The maximum absolute atomic E-state index is 3.64. The number of nitrogens with zero attached hydrogens (tertiary/aromatic N) is 1. The Hall–Kier alpha value is -1.80. The monoisotopic (exact) mass is 280 g/mol. The van der Waals surface area contributed by atoms with Crippen LogP contribution in [-0.4, -0.2) is 19.6 Å². The summed E-state index contributed by atoms with van der Waals surface area (Å²) < 4.78 is 0. The predicted molar refractivity (Wildman–Crippen MR) is 89.8 cm³/mol. The van der Waals surface area contributed by atoms with E-state index in [0.29, 0.717) is 6.04 Å². The molecular formula is C19H24N2. The first-order valence-electron chi connectivity index (χ1n) is 7.99. The second-order valence-corrected chi connectivity index (χ2v) is 5.74. The molecule has 1 heterocycles. The van der Waals surface area contributed by atoms with Gasteiger partial charge in [0.25, 0.3) is 0 Å². The second-order valence-electron chi connectivity index (χ2n) is 5.74. The summed E-state index contributed by atoms with van der Waals surface area (Å²) >= 11 is 0. The minimum atomic E-state index is 0.426. The maximum Gasteiger partial charge on any atom is 0.0498 e. The molecule has 0 amide bonds. The Bertz CT molecular complexity index is 565. The van der Waals surface area contributed by atoms with Crippen molar-refractivity contribution in [3.63, 3.8) is 0 Å². The fourth-order valence-corrected chi connectivity index (χ4v) is 3.18. The minimum absolute atomic E-state index is 0.426. The molecule has 0 radical (unpaired) electrons. The molecule has 2 aromatic carbocycles. The van der Waals surface area contributed by atoms with Gasteiger partial charge in [-0.05, 0) is 23.6 Å². The molecule has 3 rings (SSSR count). The van der Waals surface area contributed by atoms with Crippen LogP contribution in [-0.2, 0) is 6.42 Å². The van der Waals surface area contributed by atoms with Gasteiger partial charge in [-0.15, -0.1) is 0 Å². The number of nitrogens with one attached hydrogen (secondary N) is 1. The largest absolute Gasteiger partial charge is 0.368 e. The highest BCUT2D eigenvalue weighted by Crippen LogP contribution is 2.26. The molecule has 2 nitrogen and oxygen atoms in total. The van der Waals surface area contributed by atoms with Gasteiger partial charge in [0.2, 0.25) is 0 Å². The van der Waals surface area contributed by atoms with E-state index in [4.69, 9.17) is 0 Å². The SMILES string of the molecule is CCCc1ccccc1N1CCNC(c2ccccc2)C1. The molecule has 1 fully saturated rings. The van der Waals surface area contributed by atoms with Crippen LogP contribution in [0.15, 0.2) is 54.6 Å². The minimum Gasteiger partial charge on any atom is -0.368 e. The number of anilines is 1. The fraction of sp³-hybridized carbons (Fsp3) is 0.368. The van der Waals surface area contributed by atoms with Crippen molar-refractivity contribution in [2.75, 3.05) is 24.5 Å². The van der Waals surface area contributed by atoms with E-state index in [-0.39, 0.29) is 0 Å². The number of piperazine rings is 1. The van der Waals surface area contributed by atoms with Gasteiger partial charge >= 0.3 is 0 Å². The lowest BCUT2D eigenvalue weighted by molar-refractivity contribution is 0.471. The van der Waals surface area contributed by atoms with E-state index >= 15 is 0 Å². The number of benzene rings is 2. The van der Waals surface area contributed by atoms with E-state index < -0.39 is 0 Å². The van der Waals surface area contributed by atoms with Crippen molar-refractivity contribution in [3.05, 3.63) is 65.7 Å². The van der Waals surface area contributed by atoms with Crippen LogP contribution in [0.4, 0.5) is 5.69 Å².